The van der Waals surface area contributed by atoms with Gasteiger partial charge in [-0.3, -0.25) is 0 Å². The first-order valence-electron chi connectivity index (χ1n) is 6.59. The van der Waals surface area contributed by atoms with E-state index < -0.39 is 0 Å². The highest BCUT2D eigenvalue weighted by Crippen LogP contribution is 2.26. The molecule has 0 aromatic carbocycles. The van der Waals surface area contributed by atoms with Gasteiger partial charge in [0.1, 0.15) is 0 Å². The van der Waals surface area contributed by atoms with Gasteiger partial charge in [0.05, 0.1) is 0 Å². The Labute approximate surface area is 94.7 Å². The van der Waals surface area contributed by atoms with E-state index in [1.165, 1.54) is 51.5 Å². The van der Waals surface area contributed by atoms with Crippen LogP contribution in [0.4, 0.5) is 0 Å². The summed E-state index contributed by atoms with van der Waals surface area (Å²) in [5, 5.41) is 9.08. The van der Waals surface area contributed by atoms with Crippen molar-refractivity contribution < 1.29 is 5.11 Å². The molecule has 0 spiro atoms. The fourth-order valence-corrected chi connectivity index (χ4v) is 2.56. The second-order valence-corrected chi connectivity index (χ2v) is 5.04. The lowest BCUT2D eigenvalue weighted by atomic mass is 9.86. The van der Waals surface area contributed by atoms with E-state index in [2.05, 4.69) is 18.9 Å². The third-order valence-corrected chi connectivity index (χ3v) is 3.81. The van der Waals surface area contributed by atoms with E-state index in [1.807, 2.05) is 0 Å². The second kappa shape index (κ2) is 7.24. The van der Waals surface area contributed by atoms with Crippen LogP contribution in [0.1, 0.15) is 51.9 Å². The van der Waals surface area contributed by atoms with Crippen LogP contribution in [-0.4, -0.2) is 36.2 Å². The molecule has 15 heavy (non-hydrogen) atoms. The summed E-state index contributed by atoms with van der Waals surface area (Å²) in [4.78, 5) is 2.53. The molecule has 1 saturated carbocycles. The average molecular weight is 213 g/mol. The molecule has 1 aliphatic carbocycles. The predicted octanol–water partition coefficient (Wildman–Crippen LogP) is 2.66. The second-order valence-electron chi connectivity index (χ2n) is 5.04. The number of rotatable bonds is 6. The minimum absolute atomic E-state index is 0.395. The van der Waals surface area contributed by atoms with Crippen LogP contribution in [-0.2, 0) is 0 Å². The Morgan fingerprint density at radius 1 is 1.13 bits per heavy atom. The molecule has 1 fully saturated rings. The number of aliphatic hydroxyl groups excluding tert-OH is 1. The monoisotopic (exact) mass is 213 g/mol. The fraction of sp³-hybridized carbons (Fsp3) is 1.00. The summed E-state index contributed by atoms with van der Waals surface area (Å²) in [6, 6.07) is 0.782. The number of hydrogen-bond acceptors (Lipinski definition) is 2. The Hall–Kier alpha value is -0.0800. The summed E-state index contributed by atoms with van der Waals surface area (Å²) in [6.45, 7) is 3.90. The molecule has 0 amide bonds. The van der Waals surface area contributed by atoms with Crippen molar-refractivity contribution in [3.8, 4) is 0 Å². The molecule has 90 valence electrons. The molecule has 0 radical (unpaired) electrons. The van der Waals surface area contributed by atoms with Crippen LogP contribution in [0.3, 0.4) is 0 Å². The van der Waals surface area contributed by atoms with Crippen molar-refractivity contribution in [2.24, 2.45) is 5.92 Å². The molecule has 0 heterocycles. The lowest BCUT2D eigenvalue weighted by Gasteiger charge is -2.34. The molecule has 0 bridgehead atoms. The zero-order valence-corrected chi connectivity index (χ0v) is 10.4. The van der Waals surface area contributed by atoms with Gasteiger partial charge in [-0.1, -0.05) is 19.8 Å². The van der Waals surface area contributed by atoms with Crippen molar-refractivity contribution in [2.75, 3.05) is 20.2 Å². The molecule has 1 N–H and O–H groups in total. The summed E-state index contributed by atoms with van der Waals surface area (Å²) in [5.74, 6) is 0.588. The lowest BCUT2D eigenvalue weighted by molar-refractivity contribution is 0.127. The zero-order chi connectivity index (χ0) is 11.1. The summed E-state index contributed by atoms with van der Waals surface area (Å²) in [6.07, 6.45) is 9.02. The van der Waals surface area contributed by atoms with Gasteiger partial charge in [0.15, 0.2) is 0 Å². The van der Waals surface area contributed by atoms with Crippen LogP contribution in [0.2, 0.25) is 0 Å². The Balaban J connectivity index is 2.15. The van der Waals surface area contributed by atoms with Crippen molar-refractivity contribution in [3.05, 3.63) is 0 Å². The summed E-state index contributed by atoms with van der Waals surface area (Å²) in [7, 11) is 2.26. The third kappa shape index (κ3) is 4.52. The maximum Gasteiger partial charge on any atom is 0.0459 e. The molecule has 0 aromatic rings. The summed E-state index contributed by atoms with van der Waals surface area (Å²) < 4.78 is 0. The van der Waals surface area contributed by atoms with Crippen LogP contribution < -0.4 is 0 Å². The predicted molar refractivity (Wildman–Crippen MR) is 65.0 cm³/mol. The van der Waals surface area contributed by atoms with Crippen molar-refractivity contribution in [2.45, 2.75) is 57.9 Å². The third-order valence-electron chi connectivity index (χ3n) is 3.81. The highest BCUT2D eigenvalue weighted by atomic mass is 16.3. The Morgan fingerprint density at radius 2 is 1.80 bits per heavy atom. The van der Waals surface area contributed by atoms with E-state index in [1.54, 1.807) is 0 Å². The van der Waals surface area contributed by atoms with E-state index in [-0.39, 0.29) is 0 Å². The Kier molecular flexibility index (Phi) is 6.26. The molecule has 1 rings (SSSR count). The standard InChI is InChI=1S/C13H27NO/c1-3-4-5-10-14(2)13-8-6-12(11-15)7-9-13/h12-13,15H,3-11H2,1-2H3. The average Bonchev–Trinajstić information content (AvgIpc) is 2.29. The first kappa shape index (κ1) is 13.0. The van der Waals surface area contributed by atoms with E-state index in [0.29, 0.717) is 12.5 Å². The molecule has 2 heteroatoms. The van der Waals surface area contributed by atoms with Gasteiger partial charge < -0.3 is 10.0 Å². The van der Waals surface area contributed by atoms with Crippen LogP contribution >= 0.6 is 0 Å². The molecule has 1 aliphatic rings. The van der Waals surface area contributed by atoms with Crippen LogP contribution in [0, 0.1) is 5.92 Å². The molecule has 0 aromatic heterocycles. The van der Waals surface area contributed by atoms with Crippen molar-refractivity contribution in [1.29, 1.82) is 0 Å². The minimum Gasteiger partial charge on any atom is -0.396 e. The largest absolute Gasteiger partial charge is 0.396 e. The Morgan fingerprint density at radius 3 is 2.33 bits per heavy atom. The van der Waals surface area contributed by atoms with Crippen molar-refractivity contribution in [3.63, 3.8) is 0 Å². The fourth-order valence-electron chi connectivity index (χ4n) is 2.56. The first-order valence-corrected chi connectivity index (χ1v) is 6.59. The summed E-state index contributed by atoms with van der Waals surface area (Å²) >= 11 is 0. The normalized spacial score (nSPS) is 27.2. The molecule has 0 unspecified atom stereocenters. The SMILES string of the molecule is CCCCCN(C)C1CCC(CO)CC1. The van der Waals surface area contributed by atoms with Crippen LogP contribution in [0.5, 0.6) is 0 Å². The van der Waals surface area contributed by atoms with E-state index in [4.69, 9.17) is 5.11 Å². The quantitative estimate of drug-likeness (QED) is 0.686. The highest BCUT2D eigenvalue weighted by Gasteiger charge is 2.22. The smallest absolute Gasteiger partial charge is 0.0459 e. The molecule has 0 aliphatic heterocycles. The van der Waals surface area contributed by atoms with Gasteiger partial charge >= 0.3 is 0 Å². The van der Waals surface area contributed by atoms with Gasteiger partial charge in [0.2, 0.25) is 0 Å². The van der Waals surface area contributed by atoms with Gasteiger partial charge in [-0.25, -0.2) is 0 Å². The van der Waals surface area contributed by atoms with E-state index in [9.17, 15) is 0 Å². The molecular weight excluding hydrogens is 186 g/mol. The molecule has 2 nitrogen and oxygen atoms in total. The maximum atomic E-state index is 9.08. The van der Waals surface area contributed by atoms with Gasteiger partial charge in [-0.15, -0.1) is 0 Å². The lowest BCUT2D eigenvalue weighted by Crippen LogP contribution is -2.36. The molecular formula is C13H27NO. The van der Waals surface area contributed by atoms with Crippen molar-refractivity contribution in [1.82, 2.24) is 4.90 Å². The first-order chi connectivity index (χ1) is 7.27. The molecule has 0 saturated heterocycles. The van der Waals surface area contributed by atoms with Crippen molar-refractivity contribution >= 4 is 0 Å². The minimum atomic E-state index is 0.395. The van der Waals surface area contributed by atoms with Crippen LogP contribution in [0.25, 0.3) is 0 Å². The van der Waals surface area contributed by atoms with Gasteiger partial charge in [0.25, 0.3) is 0 Å². The van der Waals surface area contributed by atoms with E-state index >= 15 is 0 Å². The maximum absolute atomic E-state index is 9.08. The van der Waals surface area contributed by atoms with Gasteiger partial charge in [-0.05, 0) is 51.6 Å². The highest BCUT2D eigenvalue weighted by molar-refractivity contribution is 4.77. The van der Waals surface area contributed by atoms with Gasteiger partial charge in [0, 0.05) is 12.6 Å². The topological polar surface area (TPSA) is 23.5 Å². The number of hydrogen-bond donors (Lipinski definition) is 1. The number of aliphatic hydroxyl groups is 1. The van der Waals surface area contributed by atoms with Gasteiger partial charge in [-0.2, -0.15) is 0 Å². The summed E-state index contributed by atoms with van der Waals surface area (Å²) in [5.41, 5.74) is 0. The zero-order valence-electron chi connectivity index (χ0n) is 10.4. The number of unbranched alkanes of at least 4 members (excludes halogenated alkanes) is 2. The number of nitrogens with zero attached hydrogens (tertiary/aromatic N) is 1. The van der Waals surface area contributed by atoms with Crippen LogP contribution in [0.15, 0.2) is 0 Å². The molecule has 0 atom stereocenters. The Bertz CT molecular complexity index is 153. The van der Waals surface area contributed by atoms with E-state index in [0.717, 1.165) is 6.04 Å².